The summed E-state index contributed by atoms with van der Waals surface area (Å²) in [6.45, 7) is 8.95. The van der Waals surface area contributed by atoms with Crippen LogP contribution in [0.3, 0.4) is 0 Å². The Morgan fingerprint density at radius 2 is 2.05 bits per heavy atom. The third-order valence-electron chi connectivity index (χ3n) is 3.33. The second-order valence-corrected chi connectivity index (χ2v) is 6.39. The van der Waals surface area contributed by atoms with Crippen molar-refractivity contribution in [3.63, 3.8) is 0 Å². The van der Waals surface area contributed by atoms with Crippen LogP contribution < -0.4 is 5.32 Å². The normalized spacial score (nSPS) is 12.4. The standard InChI is InChI=1S/C16H23N3OS/c1-6-13-10(2)7-14(21-13)12(4)18-15-8-11(3)17-16(19-15)9-20-5/h7-8,12H,6,9H2,1-5H3,(H,17,18,19). The summed E-state index contributed by atoms with van der Waals surface area (Å²) in [5.41, 5.74) is 2.33. The highest BCUT2D eigenvalue weighted by Gasteiger charge is 2.12. The maximum Gasteiger partial charge on any atom is 0.156 e. The minimum atomic E-state index is 0.235. The van der Waals surface area contributed by atoms with Crippen molar-refractivity contribution in [1.29, 1.82) is 0 Å². The fourth-order valence-electron chi connectivity index (χ4n) is 2.30. The molecule has 0 bridgehead atoms. The van der Waals surface area contributed by atoms with Crippen LogP contribution in [0.25, 0.3) is 0 Å². The Labute approximate surface area is 130 Å². The zero-order chi connectivity index (χ0) is 15.4. The SMILES string of the molecule is CCc1sc(C(C)Nc2cc(C)nc(COC)n2)cc1C. The predicted molar refractivity (Wildman–Crippen MR) is 88.0 cm³/mol. The summed E-state index contributed by atoms with van der Waals surface area (Å²) < 4.78 is 5.11. The van der Waals surface area contributed by atoms with Crippen molar-refractivity contribution >= 4 is 17.2 Å². The first kappa shape index (κ1) is 15.9. The zero-order valence-electron chi connectivity index (χ0n) is 13.4. The smallest absolute Gasteiger partial charge is 0.156 e. The van der Waals surface area contributed by atoms with Crippen molar-refractivity contribution in [3.05, 3.63) is 39.0 Å². The van der Waals surface area contributed by atoms with E-state index in [9.17, 15) is 0 Å². The number of methoxy groups -OCH3 is 1. The maximum absolute atomic E-state index is 5.11. The number of ether oxygens (including phenoxy) is 1. The van der Waals surface area contributed by atoms with Crippen LogP contribution in [0.5, 0.6) is 0 Å². The molecule has 0 aromatic carbocycles. The molecule has 2 heterocycles. The van der Waals surface area contributed by atoms with Crippen molar-refractivity contribution in [3.8, 4) is 0 Å². The summed E-state index contributed by atoms with van der Waals surface area (Å²) in [6.07, 6.45) is 1.09. The highest BCUT2D eigenvalue weighted by atomic mass is 32.1. The van der Waals surface area contributed by atoms with Crippen LogP contribution in [0.2, 0.25) is 0 Å². The van der Waals surface area contributed by atoms with E-state index in [0.717, 1.165) is 17.9 Å². The van der Waals surface area contributed by atoms with Crippen LogP contribution in [0, 0.1) is 13.8 Å². The van der Waals surface area contributed by atoms with E-state index in [1.165, 1.54) is 15.3 Å². The van der Waals surface area contributed by atoms with Gasteiger partial charge in [-0.2, -0.15) is 0 Å². The lowest BCUT2D eigenvalue weighted by Crippen LogP contribution is -2.09. The summed E-state index contributed by atoms with van der Waals surface area (Å²) in [6, 6.07) is 4.47. The number of aryl methyl sites for hydroxylation is 3. The quantitative estimate of drug-likeness (QED) is 0.875. The lowest BCUT2D eigenvalue weighted by Gasteiger charge is -2.14. The molecule has 0 saturated carbocycles. The number of hydrogen-bond donors (Lipinski definition) is 1. The molecule has 21 heavy (non-hydrogen) atoms. The van der Waals surface area contributed by atoms with Gasteiger partial charge in [0.15, 0.2) is 5.82 Å². The van der Waals surface area contributed by atoms with Gasteiger partial charge < -0.3 is 10.1 Å². The fourth-order valence-corrected chi connectivity index (χ4v) is 3.42. The van der Waals surface area contributed by atoms with Gasteiger partial charge in [0, 0.05) is 28.6 Å². The van der Waals surface area contributed by atoms with E-state index >= 15 is 0 Å². The average Bonchev–Trinajstić information content (AvgIpc) is 2.80. The second-order valence-electron chi connectivity index (χ2n) is 5.22. The van der Waals surface area contributed by atoms with Crippen molar-refractivity contribution < 1.29 is 4.74 Å². The Kier molecular flexibility index (Phi) is 5.31. The molecular formula is C16H23N3OS. The summed E-state index contributed by atoms with van der Waals surface area (Å²) in [7, 11) is 1.65. The van der Waals surface area contributed by atoms with Crippen molar-refractivity contribution in [1.82, 2.24) is 9.97 Å². The molecule has 0 aliphatic carbocycles. The van der Waals surface area contributed by atoms with Crippen molar-refractivity contribution in [2.75, 3.05) is 12.4 Å². The Balaban J connectivity index is 2.16. The molecule has 0 amide bonds. The average molecular weight is 305 g/mol. The molecule has 2 rings (SSSR count). The fraction of sp³-hybridized carbons (Fsp3) is 0.500. The lowest BCUT2D eigenvalue weighted by atomic mass is 10.2. The minimum Gasteiger partial charge on any atom is -0.377 e. The molecule has 2 aromatic heterocycles. The number of aromatic nitrogens is 2. The van der Waals surface area contributed by atoms with Crippen molar-refractivity contribution in [2.24, 2.45) is 0 Å². The third kappa shape index (κ3) is 4.02. The topological polar surface area (TPSA) is 47.0 Å². The van der Waals surface area contributed by atoms with E-state index in [-0.39, 0.29) is 6.04 Å². The number of nitrogens with zero attached hydrogens (tertiary/aromatic N) is 2. The number of nitrogens with one attached hydrogen (secondary N) is 1. The Bertz CT molecular complexity index is 610. The van der Waals surface area contributed by atoms with Crippen LogP contribution >= 0.6 is 11.3 Å². The van der Waals surface area contributed by atoms with Gasteiger partial charge in [0.2, 0.25) is 0 Å². The third-order valence-corrected chi connectivity index (χ3v) is 4.89. The van der Waals surface area contributed by atoms with E-state index in [1.54, 1.807) is 7.11 Å². The molecule has 0 fully saturated rings. The van der Waals surface area contributed by atoms with Gasteiger partial charge >= 0.3 is 0 Å². The number of rotatable bonds is 6. The van der Waals surface area contributed by atoms with Gasteiger partial charge in [0.1, 0.15) is 12.4 Å². The maximum atomic E-state index is 5.11. The summed E-state index contributed by atoms with van der Waals surface area (Å²) in [5, 5.41) is 3.47. The summed E-state index contributed by atoms with van der Waals surface area (Å²) >= 11 is 1.87. The molecule has 0 aliphatic rings. The van der Waals surface area contributed by atoms with Gasteiger partial charge in [-0.15, -0.1) is 11.3 Å². The van der Waals surface area contributed by atoms with Gasteiger partial charge in [0.25, 0.3) is 0 Å². The molecule has 114 valence electrons. The summed E-state index contributed by atoms with van der Waals surface area (Å²) in [4.78, 5) is 11.7. The molecule has 1 unspecified atom stereocenters. The number of thiophene rings is 1. The van der Waals surface area contributed by atoms with E-state index in [0.29, 0.717) is 12.4 Å². The molecule has 1 N–H and O–H groups in total. The predicted octanol–water partition coefficient (Wildman–Crippen LogP) is 4.04. The van der Waals surface area contributed by atoms with Gasteiger partial charge in [0.05, 0.1) is 6.04 Å². The van der Waals surface area contributed by atoms with E-state index < -0.39 is 0 Å². The van der Waals surface area contributed by atoms with E-state index in [1.807, 2.05) is 24.3 Å². The lowest BCUT2D eigenvalue weighted by molar-refractivity contribution is 0.177. The molecule has 5 heteroatoms. The molecule has 0 aliphatic heterocycles. The van der Waals surface area contributed by atoms with Gasteiger partial charge in [-0.25, -0.2) is 9.97 Å². The number of anilines is 1. The second kappa shape index (κ2) is 7.00. The van der Waals surface area contributed by atoms with Gasteiger partial charge in [-0.3, -0.25) is 0 Å². The van der Waals surface area contributed by atoms with Crippen LogP contribution in [-0.4, -0.2) is 17.1 Å². The van der Waals surface area contributed by atoms with Crippen LogP contribution in [0.1, 0.15) is 46.7 Å². The Morgan fingerprint density at radius 1 is 1.29 bits per heavy atom. The first-order chi connectivity index (χ1) is 10.0. The summed E-state index contributed by atoms with van der Waals surface area (Å²) in [5.74, 6) is 1.56. The largest absolute Gasteiger partial charge is 0.377 e. The van der Waals surface area contributed by atoms with E-state index in [2.05, 4.69) is 42.1 Å². The molecule has 0 radical (unpaired) electrons. The van der Waals surface area contributed by atoms with Crippen LogP contribution in [0.4, 0.5) is 5.82 Å². The minimum absolute atomic E-state index is 0.235. The molecular weight excluding hydrogens is 282 g/mol. The molecule has 0 saturated heterocycles. The van der Waals surface area contributed by atoms with Gasteiger partial charge in [-0.05, 0) is 38.8 Å². The number of hydrogen-bond acceptors (Lipinski definition) is 5. The first-order valence-corrected chi connectivity index (χ1v) is 8.04. The highest BCUT2D eigenvalue weighted by molar-refractivity contribution is 7.12. The zero-order valence-corrected chi connectivity index (χ0v) is 14.2. The molecule has 4 nitrogen and oxygen atoms in total. The van der Waals surface area contributed by atoms with E-state index in [4.69, 9.17) is 4.74 Å². The monoisotopic (exact) mass is 305 g/mol. The van der Waals surface area contributed by atoms with Crippen molar-refractivity contribution in [2.45, 2.75) is 46.8 Å². The highest BCUT2D eigenvalue weighted by Crippen LogP contribution is 2.29. The molecule has 0 spiro atoms. The first-order valence-electron chi connectivity index (χ1n) is 7.22. The van der Waals surface area contributed by atoms with Crippen LogP contribution in [0.15, 0.2) is 12.1 Å². The Morgan fingerprint density at radius 3 is 2.67 bits per heavy atom. The van der Waals surface area contributed by atoms with Gasteiger partial charge in [-0.1, -0.05) is 6.92 Å². The molecule has 1 atom stereocenters. The Hall–Kier alpha value is -1.46. The van der Waals surface area contributed by atoms with Crippen LogP contribution in [-0.2, 0) is 17.8 Å². The molecule has 2 aromatic rings.